The van der Waals surface area contributed by atoms with Gasteiger partial charge in [0.25, 0.3) is 0 Å². The summed E-state index contributed by atoms with van der Waals surface area (Å²) in [7, 11) is -3.46. The molecule has 0 atom stereocenters. The van der Waals surface area contributed by atoms with Gasteiger partial charge in [-0.15, -0.1) is 0 Å². The van der Waals surface area contributed by atoms with E-state index >= 15 is 0 Å². The molecule has 0 aliphatic heterocycles. The van der Waals surface area contributed by atoms with Crippen LogP contribution in [0, 0.1) is 10.1 Å². The second kappa shape index (κ2) is 3.95. The molecule has 8 heteroatoms. The van der Waals surface area contributed by atoms with Gasteiger partial charge in [0, 0.05) is 18.4 Å². The highest BCUT2D eigenvalue weighted by Crippen LogP contribution is 2.30. The van der Waals surface area contributed by atoms with E-state index in [1.165, 1.54) is 0 Å². The van der Waals surface area contributed by atoms with Crippen LogP contribution in [-0.2, 0) is 9.84 Å². The van der Waals surface area contributed by atoms with Gasteiger partial charge in [-0.25, -0.2) is 13.4 Å². The quantitative estimate of drug-likeness (QED) is 0.636. The van der Waals surface area contributed by atoms with E-state index < -0.39 is 14.8 Å². The summed E-state index contributed by atoms with van der Waals surface area (Å²) in [6.45, 7) is 0. The normalized spacial score (nSPS) is 15.6. The van der Waals surface area contributed by atoms with E-state index in [1.807, 2.05) is 0 Å². The molecule has 1 saturated carbocycles. The molecule has 1 aromatic rings. The fourth-order valence-corrected chi connectivity index (χ4v) is 1.89. The third-order valence-electron chi connectivity index (χ3n) is 2.34. The molecular weight excluding hydrogens is 246 g/mol. The van der Waals surface area contributed by atoms with Gasteiger partial charge in [0.1, 0.15) is 0 Å². The molecule has 0 amide bonds. The van der Waals surface area contributed by atoms with Gasteiger partial charge >= 0.3 is 5.69 Å². The first-order valence-electron chi connectivity index (χ1n) is 5.00. The Morgan fingerprint density at radius 1 is 1.47 bits per heavy atom. The van der Waals surface area contributed by atoms with Crippen molar-refractivity contribution in [2.24, 2.45) is 0 Å². The molecule has 1 aliphatic rings. The average Bonchev–Trinajstić information content (AvgIpc) is 2.99. The van der Waals surface area contributed by atoms with Crippen molar-refractivity contribution in [3.05, 3.63) is 22.2 Å². The maximum Gasteiger partial charge on any atom is 0.311 e. The van der Waals surface area contributed by atoms with Crippen LogP contribution in [0.3, 0.4) is 0 Å². The number of sulfone groups is 1. The number of nitrogens with one attached hydrogen (secondary N) is 1. The van der Waals surface area contributed by atoms with Gasteiger partial charge in [-0.05, 0) is 18.9 Å². The lowest BCUT2D eigenvalue weighted by atomic mass is 10.4. The third-order valence-corrected chi connectivity index (χ3v) is 3.33. The molecule has 92 valence electrons. The number of hydrogen-bond acceptors (Lipinski definition) is 6. The van der Waals surface area contributed by atoms with E-state index in [-0.39, 0.29) is 22.6 Å². The Kier molecular flexibility index (Phi) is 2.74. The predicted molar refractivity (Wildman–Crippen MR) is 60.6 cm³/mol. The number of rotatable bonds is 4. The summed E-state index contributed by atoms with van der Waals surface area (Å²) in [5.41, 5.74) is -0.204. The SMILES string of the molecule is CS(=O)(=O)c1ccc([N+](=O)[O-])c(NC2CC2)n1. The van der Waals surface area contributed by atoms with Crippen LogP contribution in [-0.4, -0.2) is 30.6 Å². The van der Waals surface area contributed by atoms with Crippen molar-refractivity contribution >= 4 is 21.3 Å². The van der Waals surface area contributed by atoms with Crippen LogP contribution < -0.4 is 5.32 Å². The lowest BCUT2D eigenvalue weighted by Crippen LogP contribution is -2.09. The van der Waals surface area contributed by atoms with Crippen LogP contribution in [0.25, 0.3) is 0 Å². The smallest absolute Gasteiger partial charge is 0.311 e. The first-order chi connectivity index (χ1) is 7.88. The van der Waals surface area contributed by atoms with Crippen LogP contribution >= 0.6 is 0 Å². The maximum atomic E-state index is 11.3. The highest BCUT2D eigenvalue weighted by atomic mass is 32.2. The summed E-state index contributed by atoms with van der Waals surface area (Å²) in [5.74, 6) is 0.0282. The lowest BCUT2D eigenvalue weighted by molar-refractivity contribution is -0.384. The van der Waals surface area contributed by atoms with Gasteiger partial charge < -0.3 is 5.32 Å². The Morgan fingerprint density at radius 3 is 2.59 bits per heavy atom. The molecule has 2 rings (SSSR count). The van der Waals surface area contributed by atoms with Crippen molar-refractivity contribution in [1.29, 1.82) is 0 Å². The Labute approximate surface area is 97.9 Å². The minimum absolute atomic E-state index is 0.0282. The molecule has 1 aromatic heterocycles. The summed E-state index contributed by atoms with van der Waals surface area (Å²) < 4.78 is 22.6. The van der Waals surface area contributed by atoms with E-state index in [0.29, 0.717) is 0 Å². The van der Waals surface area contributed by atoms with Crippen LogP contribution in [0.5, 0.6) is 0 Å². The zero-order chi connectivity index (χ0) is 12.6. The van der Waals surface area contributed by atoms with E-state index in [0.717, 1.165) is 31.2 Å². The molecule has 1 aliphatic carbocycles. The van der Waals surface area contributed by atoms with Crippen molar-refractivity contribution < 1.29 is 13.3 Å². The molecule has 0 unspecified atom stereocenters. The summed E-state index contributed by atoms with van der Waals surface area (Å²) >= 11 is 0. The van der Waals surface area contributed by atoms with E-state index in [4.69, 9.17) is 0 Å². The minimum Gasteiger partial charge on any atom is -0.362 e. The molecular formula is C9H11N3O4S. The van der Waals surface area contributed by atoms with Gasteiger partial charge in [-0.3, -0.25) is 10.1 Å². The summed E-state index contributed by atoms with van der Waals surface area (Å²) in [6.07, 6.45) is 2.85. The maximum absolute atomic E-state index is 11.3. The Hall–Kier alpha value is -1.70. The minimum atomic E-state index is -3.46. The highest BCUT2D eigenvalue weighted by Gasteiger charge is 2.27. The number of aromatic nitrogens is 1. The summed E-state index contributed by atoms with van der Waals surface area (Å²) in [6, 6.07) is 2.47. The van der Waals surface area contributed by atoms with Crippen molar-refractivity contribution in [3.8, 4) is 0 Å². The van der Waals surface area contributed by atoms with E-state index in [9.17, 15) is 18.5 Å². The molecule has 1 fully saturated rings. The third kappa shape index (κ3) is 2.70. The van der Waals surface area contributed by atoms with Crippen LogP contribution in [0.1, 0.15) is 12.8 Å². The zero-order valence-electron chi connectivity index (χ0n) is 9.08. The fourth-order valence-electron chi connectivity index (χ4n) is 1.31. The van der Waals surface area contributed by atoms with Crippen molar-refractivity contribution in [2.45, 2.75) is 23.9 Å². The highest BCUT2D eigenvalue weighted by molar-refractivity contribution is 7.90. The second-order valence-corrected chi connectivity index (χ2v) is 5.93. The van der Waals surface area contributed by atoms with Gasteiger partial charge in [-0.2, -0.15) is 0 Å². The lowest BCUT2D eigenvalue weighted by Gasteiger charge is -2.05. The van der Waals surface area contributed by atoms with Crippen molar-refractivity contribution in [2.75, 3.05) is 11.6 Å². The molecule has 0 bridgehead atoms. The predicted octanol–water partition coefficient (Wildman–Crippen LogP) is 0.968. The summed E-state index contributed by atoms with van der Waals surface area (Å²) in [4.78, 5) is 14.0. The van der Waals surface area contributed by atoms with Gasteiger partial charge in [0.15, 0.2) is 14.9 Å². The van der Waals surface area contributed by atoms with E-state index in [2.05, 4.69) is 10.3 Å². The standard InChI is InChI=1S/C9H11N3O4S/c1-17(15,16)8-5-4-7(12(13)14)9(11-8)10-6-2-3-6/h4-6H,2-3H2,1H3,(H,10,11). The molecule has 1 heterocycles. The topological polar surface area (TPSA) is 102 Å². The molecule has 0 spiro atoms. The number of hydrogen-bond donors (Lipinski definition) is 1. The van der Waals surface area contributed by atoms with Gasteiger partial charge in [-0.1, -0.05) is 0 Å². The molecule has 0 saturated heterocycles. The number of anilines is 1. The van der Waals surface area contributed by atoms with E-state index in [1.54, 1.807) is 0 Å². The zero-order valence-corrected chi connectivity index (χ0v) is 9.90. The van der Waals surface area contributed by atoms with Crippen LogP contribution in [0.2, 0.25) is 0 Å². The van der Waals surface area contributed by atoms with Gasteiger partial charge in [0.05, 0.1) is 4.92 Å². The molecule has 17 heavy (non-hydrogen) atoms. The van der Waals surface area contributed by atoms with Crippen molar-refractivity contribution in [3.63, 3.8) is 0 Å². The Balaban J connectivity index is 2.45. The number of pyridine rings is 1. The molecule has 1 N–H and O–H groups in total. The monoisotopic (exact) mass is 257 g/mol. The Morgan fingerprint density at radius 2 is 2.12 bits per heavy atom. The van der Waals surface area contributed by atoms with Crippen LogP contribution in [0.4, 0.5) is 11.5 Å². The number of nitrogens with zero attached hydrogens (tertiary/aromatic N) is 2. The molecule has 0 aromatic carbocycles. The molecule has 0 radical (unpaired) electrons. The van der Waals surface area contributed by atoms with Gasteiger partial charge in [0.2, 0.25) is 5.82 Å². The van der Waals surface area contributed by atoms with Crippen LogP contribution in [0.15, 0.2) is 17.2 Å². The largest absolute Gasteiger partial charge is 0.362 e. The first kappa shape index (κ1) is 11.8. The molecule has 7 nitrogen and oxygen atoms in total. The van der Waals surface area contributed by atoms with Crippen molar-refractivity contribution in [1.82, 2.24) is 4.98 Å². The fraction of sp³-hybridized carbons (Fsp3) is 0.444. The number of nitro groups is 1. The average molecular weight is 257 g/mol. The Bertz CT molecular complexity index is 566. The summed E-state index contributed by atoms with van der Waals surface area (Å²) in [5, 5.41) is 13.5. The second-order valence-electron chi connectivity index (χ2n) is 3.97. The first-order valence-corrected chi connectivity index (χ1v) is 6.89.